The highest BCUT2D eigenvalue weighted by molar-refractivity contribution is 6.31. The molecule has 0 aliphatic heterocycles. The van der Waals surface area contributed by atoms with E-state index in [-0.39, 0.29) is 0 Å². The molecule has 9 rings (SSSR count). The van der Waals surface area contributed by atoms with Crippen molar-refractivity contribution in [2.24, 2.45) is 0 Å². The third kappa shape index (κ3) is 7.40. The summed E-state index contributed by atoms with van der Waals surface area (Å²) >= 11 is 0. The second-order valence-corrected chi connectivity index (χ2v) is 16.6. The highest BCUT2D eigenvalue weighted by Gasteiger charge is 2.25. The van der Waals surface area contributed by atoms with Crippen molar-refractivity contribution in [1.82, 2.24) is 0 Å². The molecule has 0 amide bonds. The number of allylic oxidation sites excluding steroid dienone is 5. The smallest absolute Gasteiger partial charge is 0.0546 e. The van der Waals surface area contributed by atoms with E-state index in [9.17, 15) is 0 Å². The van der Waals surface area contributed by atoms with Crippen molar-refractivity contribution in [1.29, 1.82) is 0 Å². The summed E-state index contributed by atoms with van der Waals surface area (Å²) in [5, 5.41) is 7.37. The number of benzene rings is 9. The Kier molecular flexibility index (Phi) is 10.8. The second kappa shape index (κ2) is 16.8. The molecule has 0 saturated heterocycles. The van der Waals surface area contributed by atoms with E-state index in [0.717, 1.165) is 34.1 Å². The topological polar surface area (TPSA) is 6.48 Å². The van der Waals surface area contributed by atoms with Crippen LogP contribution in [-0.2, 0) is 0 Å². The van der Waals surface area contributed by atoms with E-state index >= 15 is 0 Å². The first-order chi connectivity index (χ1) is 29.8. The van der Waals surface area contributed by atoms with Crippen molar-refractivity contribution < 1.29 is 0 Å². The molecule has 61 heavy (non-hydrogen) atoms. The Balaban J connectivity index is 1.43. The SMILES string of the molecule is C=C/C=C\C=C(/C)c1cc(N(c2ccccc2)c2ccc(C(C)C)cc2)c2ccc3c(-c4ccccc4)cc(N(c4ccccc4)c4ccc(C(C)C)cc4)c4ccc1c2c34. The zero-order valence-corrected chi connectivity index (χ0v) is 35.8. The van der Waals surface area contributed by atoms with Crippen molar-refractivity contribution in [2.75, 3.05) is 9.80 Å². The number of rotatable bonds is 12. The zero-order valence-electron chi connectivity index (χ0n) is 35.8. The standard InChI is InChI=1S/C59H52N2/c1-7-8-12-19-42(6)54-38-56(60(46-22-15-10-16-23-46)48-30-26-43(27-31-48)40(2)3)52-37-35-51-55(45-20-13-9-14-21-45)39-57(53-36-34-50(54)58(52)59(51)53)61(47-24-17-11-18-25-47)49-32-28-44(29-33-49)41(4)5/h7-41H,1H2,2-6H3/b12-8-,42-19+. The Hall–Kier alpha value is -7.16. The van der Waals surface area contributed by atoms with E-state index < -0.39 is 0 Å². The van der Waals surface area contributed by atoms with Crippen LogP contribution in [0.4, 0.5) is 34.1 Å². The van der Waals surface area contributed by atoms with Gasteiger partial charge in [0.1, 0.15) is 0 Å². The number of para-hydroxylation sites is 2. The molecule has 0 saturated carbocycles. The lowest BCUT2D eigenvalue weighted by atomic mass is 9.85. The molecular formula is C59H52N2. The molecule has 0 spiro atoms. The quantitative estimate of drug-likeness (QED) is 0.0899. The molecule has 0 heterocycles. The molecule has 0 atom stereocenters. The fourth-order valence-electron chi connectivity index (χ4n) is 8.90. The Labute approximate surface area is 361 Å². The first kappa shape index (κ1) is 39.3. The van der Waals surface area contributed by atoms with Crippen molar-refractivity contribution in [3.05, 3.63) is 223 Å². The maximum absolute atomic E-state index is 3.94. The summed E-state index contributed by atoms with van der Waals surface area (Å²) in [4.78, 5) is 4.89. The lowest BCUT2D eigenvalue weighted by molar-refractivity contribution is 0.866. The van der Waals surface area contributed by atoms with Gasteiger partial charge in [-0.2, -0.15) is 0 Å². The first-order valence-electron chi connectivity index (χ1n) is 21.5. The van der Waals surface area contributed by atoms with E-state index in [1.807, 2.05) is 12.2 Å². The molecule has 0 aromatic heterocycles. The van der Waals surface area contributed by atoms with Crippen LogP contribution in [0, 0.1) is 0 Å². The van der Waals surface area contributed by atoms with Gasteiger partial charge in [0.2, 0.25) is 0 Å². The zero-order chi connectivity index (χ0) is 42.0. The summed E-state index contributed by atoms with van der Waals surface area (Å²) in [6, 6.07) is 65.0. The van der Waals surface area contributed by atoms with Crippen LogP contribution in [0.3, 0.4) is 0 Å². The van der Waals surface area contributed by atoms with Gasteiger partial charge in [-0.05, 0) is 124 Å². The number of anilines is 6. The molecule has 0 N–H and O–H groups in total. The van der Waals surface area contributed by atoms with Gasteiger partial charge in [-0.1, -0.05) is 174 Å². The summed E-state index contributed by atoms with van der Waals surface area (Å²) in [6.07, 6.45) is 8.13. The van der Waals surface area contributed by atoms with Crippen molar-refractivity contribution in [3.8, 4) is 11.1 Å². The Bertz CT molecular complexity index is 3010. The maximum Gasteiger partial charge on any atom is 0.0546 e. The van der Waals surface area contributed by atoms with Gasteiger partial charge in [0.05, 0.1) is 11.4 Å². The van der Waals surface area contributed by atoms with Crippen LogP contribution in [0.1, 0.15) is 63.1 Å². The van der Waals surface area contributed by atoms with Crippen molar-refractivity contribution in [2.45, 2.75) is 46.5 Å². The predicted molar refractivity (Wildman–Crippen MR) is 266 cm³/mol. The highest BCUT2D eigenvalue weighted by Crippen LogP contribution is 2.51. The molecule has 2 nitrogen and oxygen atoms in total. The van der Waals surface area contributed by atoms with Crippen molar-refractivity contribution >= 4 is 72.0 Å². The number of hydrogen-bond donors (Lipinski definition) is 0. The van der Waals surface area contributed by atoms with Gasteiger partial charge in [-0.15, -0.1) is 0 Å². The lowest BCUT2D eigenvalue weighted by Crippen LogP contribution is -2.12. The largest absolute Gasteiger partial charge is 0.310 e. The lowest BCUT2D eigenvalue weighted by Gasteiger charge is -2.31. The minimum Gasteiger partial charge on any atom is -0.310 e. The van der Waals surface area contributed by atoms with Crippen LogP contribution in [0.15, 0.2) is 207 Å². The third-order valence-electron chi connectivity index (χ3n) is 12.1. The minimum absolute atomic E-state index is 0.438. The monoisotopic (exact) mass is 788 g/mol. The van der Waals surface area contributed by atoms with Gasteiger partial charge in [0.25, 0.3) is 0 Å². The molecule has 0 aliphatic rings. The van der Waals surface area contributed by atoms with Gasteiger partial charge >= 0.3 is 0 Å². The van der Waals surface area contributed by atoms with Gasteiger partial charge in [0.15, 0.2) is 0 Å². The molecule has 0 aliphatic carbocycles. The molecule has 298 valence electrons. The van der Waals surface area contributed by atoms with Crippen LogP contribution >= 0.6 is 0 Å². The molecule has 2 heteroatoms. The molecule has 0 radical (unpaired) electrons. The van der Waals surface area contributed by atoms with E-state index in [1.54, 1.807) is 0 Å². The third-order valence-corrected chi connectivity index (χ3v) is 12.1. The predicted octanol–water partition coefficient (Wildman–Crippen LogP) is 17.6. The molecular weight excluding hydrogens is 737 g/mol. The molecule has 9 aromatic carbocycles. The Morgan fingerprint density at radius 3 is 1.38 bits per heavy atom. The van der Waals surface area contributed by atoms with Crippen LogP contribution in [0.5, 0.6) is 0 Å². The normalized spacial score (nSPS) is 12.1. The van der Waals surface area contributed by atoms with E-state index in [1.165, 1.54) is 65.7 Å². The minimum atomic E-state index is 0.438. The van der Waals surface area contributed by atoms with Gasteiger partial charge in [-0.25, -0.2) is 0 Å². The van der Waals surface area contributed by atoms with E-state index in [2.05, 4.69) is 239 Å². The van der Waals surface area contributed by atoms with Crippen LogP contribution in [0.25, 0.3) is 49.0 Å². The summed E-state index contributed by atoms with van der Waals surface area (Å²) in [5.74, 6) is 0.878. The fourth-order valence-corrected chi connectivity index (χ4v) is 8.90. The maximum atomic E-state index is 3.94. The second-order valence-electron chi connectivity index (χ2n) is 16.6. The Morgan fingerprint density at radius 1 is 0.459 bits per heavy atom. The molecule has 0 unspecified atom stereocenters. The molecule has 0 fully saturated rings. The van der Waals surface area contributed by atoms with E-state index in [4.69, 9.17) is 0 Å². The first-order valence-corrected chi connectivity index (χ1v) is 21.5. The van der Waals surface area contributed by atoms with E-state index in [0.29, 0.717) is 11.8 Å². The Morgan fingerprint density at radius 2 is 0.885 bits per heavy atom. The summed E-state index contributed by atoms with van der Waals surface area (Å²) < 4.78 is 0. The van der Waals surface area contributed by atoms with Crippen LogP contribution < -0.4 is 9.80 Å². The fraction of sp³-hybridized carbons (Fsp3) is 0.119. The number of hydrogen-bond acceptors (Lipinski definition) is 2. The van der Waals surface area contributed by atoms with Crippen LogP contribution in [-0.4, -0.2) is 0 Å². The van der Waals surface area contributed by atoms with Gasteiger partial charge < -0.3 is 9.80 Å². The van der Waals surface area contributed by atoms with Crippen LogP contribution in [0.2, 0.25) is 0 Å². The highest BCUT2D eigenvalue weighted by atomic mass is 15.1. The summed E-state index contributed by atoms with van der Waals surface area (Å²) in [6.45, 7) is 15.2. The molecule has 9 aromatic rings. The van der Waals surface area contributed by atoms with Gasteiger partial charge in [-0.3, -0.25) is 0 Å². The van der Waals surface area contributed by atoms with Crippen molar-refractivity contribution in [3.63, 3.8) is 0 Å². The average Bonchev–Trinajstić information content (AvgIpc) is 3.30. The molecule has 0 bridgehead atoms. The van der Waals surface area contributed by atoms with Gasteiger partial charge in [0, 0.05) is 44.3 Å². The summed E-state index contributed by atoms with van der Waals surface area (Å²) in [5.41, 5.74) is 14.2. The summed E-state index contributed by atoms with van der Waals surface area (Å²) in [7, 11) is 0. The average molecular weight is 789 g/mol. The number of nitrogens with zero attached hydrogens (tertiary/aromatic N) is 2.